The predicted molar refractivity (Wildman–Crippen MR) is 83.0 cm³/mol. The van der Waals surface area contributed by atoms with Crippen LogP contribution in [-0.2, 0) is 4.74 Å². The molecule has 5 nitrogen and oxygen atoms in total. The lowest BCUT2D eigenvalue weighted by Crippen LogP contribution is -2.34. The number of methoxy groups -OCH3 is 1. The molecule has 0 saturated heterocycles. The van der Waals surface area contributed by atoms with Crippen molar-refractivity contribution in [2.45, 2.75) is 13.8 Å². The van der Waals surface area contributed by atoms with Gasteiger partial charge in [0.2, 0.25) is 0 Å². The molecular formula is C15H25N3O2. The lowest BCUT2D eigenvalue weighted by atomic mass is 9.92. The number of nitrogens with zero attached hydrogens (tertiary/aromatic N) is 1. The van der Waals surface area contributed by atoms with Crippen molar-refractivity contribution in [3.05, 3.63) is 23.8 Å². The van der Waals surface area contributed by atoms with Crippen LogP contribution in [0.15, 0.2) is 18.2 Å². The van der Waals surface area contributed by atoms with Crippen molar-refractivity contribution in [3.63, 3.8) is 0 Å². The highest BCUT2D eigenvalue weighted by Crippen LogP contribution is 2.23. The van der Waals surface area contributed by atoms with Crippen molar-refractivity contribution in [2.75, 3.05) is 45.3 Å². The van der Waals surface area contributed by atoms with Gasteiger partial charge in [-0.3, -0.25) is 0 Å². The summed E-state index contributed by atoms with van der Waals surface area (Å²) in [6.45, 7) is 6.05. The topological polar surface area (TPSA) is 67.6 Å². The average Bonchev–Trinajstić information content (AvgIpc) is 2.34. The first kappa shape index (κ1) is 16.3. The predicted octanol–water partition coefficient (Wildman–Crippen LogP) is 2.06. The van der Waals surface area contributed by atoms with Crippen LogP contribution in [0.4, 0.5) is 11.4 Å². The van der Waals surface area contributed by atoms with E-state index in [9.17, 15) is 4.79 Å². The SMILES string of the molecule is COC(=O)c1cc(N)ccc1NCC(C)(C)CN(C)C. The minimum atomic E-state index is -0.384. The van der Waals surface area contributed by atoms with Crippen LogP contribution in [0.2, 0.25) is 0 Å². The average molecular weight is 279 g/mol. The highest BCUT2D eigenvalue weighted by Gasteiger charge is 2.20. The van der Waals surface area contributed by atoms with E-state index in [1.54, 1.807) is 12.1 Å². The van der Waals surface area contributed by atoms with Gasteiger partial charge in [-0.05, 0) is 37.7 Å². The lowest BCUT2D eigenvalue weighted by molar-refractivity contribution is 0.0601. The molecule has 0 aliphatic rings. The first-order chi connectivity index (χ1) is 9.25. The highest BCUT2D eigenvalue weighted by atomic mass is 16.5. The third-order valence-corrected chi connectivity index (χ3v) is 2.95. The highest BCUT2D eigenvalue weighted by molar-refractivity contribution is 5.96. The van der Waals surface area contributed by atoms with E-state index < -0.39 is 0 Å². The first-order valence-electron chi connectivity index (χ1n) is 6.61. The summed E-state index contributed by atoms with van der Waals surface area (Å²) in [6, 6.07) is 5.22. The number of nitrogens with two attached hydrogens (primary N) is 1. The molecule has 0 unspecified atom stereocenters. The summed E-state index contributed by atoms with van der Waals surface area (Å²) >= 11 is 0. The first-order valence-corrected chi connectivity index (χ1v) is 6.61. The van der Waals surface area contributed by atoms with Gasteiger partial charge in [0, 0.05) is 24.5 Å². The van der Waals surface area contributed by atoms with Gasteiger partial charge in [-0.25, -0.2) is 4.79 Å². The van der Waals surface area contributed by atoms with Crippen LogP contribution < -0.4 is 11.1 Å². The molecule has 1 aromatic rings. The Kier molecular flexibility index (Phi) is 5.39. The molecule has 0 heterocycles. The van der Waals surface area contributed by atoms with Crippen molar-refractivity contribution >= 4 is 17.3 Å². The molecule has 0 atom stereocenters. The van der Waals surface area contributed by atoms with Crippen molar-refractivity contribution < 1.29 is 9.53 Å². The van der Waals surface area contributed by atoms with Crippen molar-refractivity contribution in [1.82, 2.24) is 4.90 Å². The Hall–Kier alpha value is -1.75. The van der Waals surface area contributed by atoms with Gasteiger partial charge in [-0.1, -0.05) is 13.8 Å². The third-order valence-electron chi connectivity index (χ3n) is 2.95. The largest absolute Gasteiger partial charge is 0.465 e. The Bertz CT molecular complexity index is 470. The molecule has 112 valence electrons. The van der Waals surface area contributed by atoms with E-state index in [0.717, 1.165) is 18.8 Å². The summed E-state index contributed by atoms with van der Waals surface area (Å²) in [4.78, 5) is 13.9. The van der Waals surface area contributed by atoms with Crippen LogP contribution in [0.5, 0.6) is 0 Å². The molecule has 0 radical (unpaired) electrons. The van der Waals surface area contributed by atoms with Gasteiger partial charge in [0.15, 0.2) is 0 Å². The Morgan fingerprint density at radius 1 is 1.40 bits per heavy atom. The zero-order chi connectivity index (χ0) is 15.3. The second kappa shape index (κ2) is 6.61. The smallest absolute Gasteiger partial charge is 0.340 e. The number of anilines is 2. The van der Waals surface area contributed by atoms with Gasteiger partial charge in [0.1, 0.15) is 0 Å². The minimum Gasteiger partial charge on any atom is -0.465 e. The van der Waals surface area contributed by atoms with Crippen LogP contribution in [0.3, 0.4) is 0 Å². The standard InChI is InChI=1S/C15H25N3O2/c1-15(2,10-18(3)4)9-17-13-7-6-11(16)8-12(13)14(19)20-5/h6-8,17H,9-10,16H2,1-5H3. The monoisotopic (exact) mass is 279 g/mol. The van der Waals surface area contributed by atoms with Crippen molar-refractivity contribution in [1.29, 1.82) is 0 Å². The molecule has 0 aliphatic carbocycles. The number of nitrogen functional groups attached to an aromatic ring is 1. The van der Waals surface area contributed by atoms with Crippen LogP contribution >= 0.6 is 0 Å². The van der Waals surface area contributed by atoms with Crippen molar-refractivity contribution in [3.8, 4) is 0 Å². The number of carbonyl (C=O) groups is 1. The molecule has 1 rings (SSSR count). The number of hydrogen-bond acceptors (Lipinski definition) is 5. The number of benzene rings is 1. The second-order valence-corrected chi connectivity index (χ2v) is 6.05. The summed E-state index contributed by atoms with van der Waals surface area (Å²) in [6.07, 6.45) is 0. The second-order valence-electron chi connectivity index (χ2n) is 6.05. The van der Waals surface area contributed by atoms with Crippen LogP contribution in [0.25, 0.3) is 0 Å². The van der Waals surface area contributed by atoms with E-state index in [0.29, 0.717) is 11.3 Å². The number of rotatable bonds is 6. The van der Waals surface area contributed by atoms with E-state index in [1.807, 2.05) is 20.2 Å². The molecule has 5 heteroatoms. The van der Waals surface area contributed by atoms with E-state index in [4.69, 9.17) is 10.5 Å². The molecule has 0 amide bonds. The van der Waals surface area contributed by atoms with Gasteiger partial charge in [-0.2, -0.15) is 0 Å². The number of esters is 1. The fraction of sp³-hybridized carbons (Fsp3) is 0.533. The van der Waals surface area contributed by atoms with E-state index >= 15 is 0 Å². The Morgan fingerprint density at radius 3 is 2.60 bits per heavy atom. The molecule has 20 heavy (non-hydrogen) atoms. The minimum absolute atomic E-state index is 0.0816. The lowest BCUT2D eigenvalue weighted by Gasteiger charge is -2.29. The summed E-state index contributed by atoms with van der Waals surface area (Å²) in [5, 5.41) is 3.32. The molecule has 0 spiro atoms. The number of ether oxygens (including phenoxy) is 1. The summed E-state index contributed by atoms with van der Waals surface area (Å²) in [5.41, 5.74) is 7.57. The molecule has 0 aliphatic heterocycles. The number of hydrogen-bond donors (Lipinski definition) is 2. The van der Waals surface area contributed by atoms with E-state index in [2.05, 4.69) is 24.1 Å². The molecule has 3 N–H and O–H groups in total. The van der Waals surface area contributed by atoms with Gasteiger partial charge in [-0.15, -0.1) is 0 Å². The third kappa shape index (κ3) is 4.74. The van der Waals surface area contributed by atoms with Gasteiger partial charge in [0.05, 0.1) is 12.7 Å². The molecule has 0 fully saturated rings. The van der Waals surface area contributed by atoms with Crippen LogP contribution in [0, 0.1) is 5.41 Å². The fourth-order valence-corrected chi connectivity index (χ4v) is 2.24. The van der Waals surface area contributed by atoms with Gasteiger partial charge >= 0.3 is 5.97 Å². The fourth-order valence-electron chi connectivity index (χ4n) is 2.24. The molecular weight excluding hydrogens is 254 g/mol. The van der Waals surface area contributed by atoms with Crippen LogP contribution in [0.1, 0.15) is 24.2 Å². The molecule has 1 aromatic carbocycles. The summed E-state index contributed by atoms with van der Waals surface area (Å²) < 4.78 is 4.79. The Labute approximate surface area is 121 Å². The molecule has 0 bridgehead atoms. The van der Waals surface area contributed by atoms with Gasteiger partial charge in [0.25, 0.3) is 0 Å². The quantitative estimate of drug-likeness (QED) is 0.616. The Morgan fingerprint density at radius 2 is 2.05 bits per heavy atom. The molecule has 0 saturated carbocycles. The van der Waals surface area contributed by atoms with Crippen LogP contribution in [-0.4, -0.2) is 45.2 Å². The zero-order valence-corrected chi connectivity index (χ0v) is 13.0. The van der Waals surface area contributed by atoms with E-state index in [-0.39, 0.29) is 11.4 Å². The summed E-state index contributed by atoms with van der Waals surface area (Å²) in [5.74, 6) is -0.384. The Balaban J connectivity index is 2.85. The van der Waals surface area contributed by atoms with Gasteiger partial charge < -0.3 is 20.7 Å². The molecule has 0 aromatic heterocycles. The van der Waals surface area contributed by atoms with Crippen molar-refractivity contribution in [2.24, 2.45) is 5.41 Å². The summed E-state index contributed by atoms with van der Waals surface area (Å²) in [7, 11) is 5.46. The maximum Gasteiger partial charge on any atom is 0.340 e. The maximum atomic E-state index is 11.8. The van der Waals surface area contributed by atoms with E-state index in [1.165, 1.54) is 7.11 Å². The maximum absolute atomic E-state index is 11.8. The normalized spacial score (nSPS) is 11.5. The number of carbonyl (C=O) groups excluding carboxylic acids is 1. The zero-order valence-electron chi connectivity index (χ0n) is 13.0. The number of nitrogens with one attached hydrogen (secondary N) is 1.